The van der Waals surface area contributed by atoms with E-state index < -0.39 is 0 Å². The van der Waals surface area contributed by atoms with Gasteiger partial charge in [0.15, 0.2) is 0 Å². The highest BCUT2D eigenvalue weighted by Gasteiger charge is 2.01. The molecule has 0 radical (unpaired) electrons. The Bertz CT molecular complexity index is 310. The highest BCUT2D eigenvalue weighted by Crippen LogP contribution is 2.25. The maximum absolute atomic E-state index is 5.78. The Morgan fingerprint density at radius 1 is 1.40 bits per heavy atom. The number of anilines is 2. The summed E-state index contributed by atoms with van der Waals surface area (Å²) in [5.41, 5.74) is 7.52. The third kappa shape index (κ3) is 3.70. The topological polar surface area (TPSA) is 47.3 Å². The van der Waals surface area contributed by atoms with Gasteiger partial charge in [0.25, 0.3) is 0 Å². The molecule has 0 saturated heterocycles. The molecule has 15 heavy (non-hydrogen) atoms. The monoisotopic (exact) mass is 208 g/mol. The van der Waals surface area contributed by atoms with Gasteiger partial charge in [0.2, 0.25) is 0 Å². The second-order valence-corrected chi connectivity index (χ2v) is 3.96. The minimum atomic E-state index is 0.623. The average molecular weight is 208 g/mol. The fraction of sp³-hybridized carbons (Fsp3) is 0.500. The van der Waals surface area contributed by atoms with E-state index in [0.717, 1.165) is 18.0 Å². The number of nitrogens with two attached hydrogens (primary N) is 1. The summed E-state index contributed by atoms with van der Waals surface area (Å²) < 4.78 is 5.42. The first-order valence-electron chi connectivity index (χ1n) is 5.39. The van der Waals surface area contributed by atoms with Gasteiger partial charge in [-0.2, -0.15) is 0 Å². The van der Waals surface area contributed by atoms with E-state index in [0.29, 0.717) is 18.2 Å². The van der Waals surface area contributed by atoms with E-state index in [9.17, 15) is 0 Å². The van der Waals surface area contributed by atoms with Crippen LogP contribution in [0.5, 0.6) is 5.75 Å². The molecule has 0 amide bonds. The molecular formula is C12H20N2O. The molecule has 0 atom stereocenters. The number of ether oxygens (including phenoxy) is 1. The summed E-state index contributed by atoms with van der Waals surface area (Å²) in [5.74, 6) is 1.38. The van der Waals surface area contributed by atoms with Crippen molar-refractivity contribution in [3.05, 3.63) is 18.2 Å². The molecule has 0 aliphatic carbocycles. The molecule has 0 aliphatic rings. The zero-order valence-electron chi connectivity index (χ0n) is 9.71. The number of nitrogens with one attached hydrogen (secondary N) is 1. The largest absolute Gasteiger partial charge is 0.492 e. The van der Waals surface area contributed by atoms with Gasteiger partial charge >= 0.3 is 0 Å². The number of hydrogen-bond acceptors (Lipinski definition) is 3. The second kappa shape index (κ2) is 5.49. The van der Waals surface area contributed by atoms with Crippen LogP contribution in [0.1, 0.15) is 20.8 Å². The smallest absolute Gasteiger partial charge is 0.144 e. The predicted molar refractivity (Wildman–Crippen MR) is 65.4 cm³/mol. The molecule has 0 unspecified atom stereocenters. The van der Waals surface area contributed by atoms with Gasteiger partial charge in [-0.05, 0) is 25.0 Å². The maximum atomic E-state index is 5.78. The Hall–Kier alpha value is -1.38. The van der Waals surface area contributed by atoms with Gasteiger partial charge in [-0.25, -0.2) is 0 Å². The van der Waals surface area contributed by atoms with Gasteiger partial charge in [-0.3, -0.25) is 0 Å². The minimum Gasteiger partial charge on any atom is -0.492 e. The van der Waals surface area contributed by atoms with Crippen molar-refractivity contribution in [1.82, 2.24) is 0 Å². The van der Waals surface area contributed by atoms with Crippen LogP contribution in [0.25, 0.3) is 0 Å². The van der Waals surface area contributed by atoms with E-state index in [1.54, 1.807) is 0 Å². The zero-order valence-corrected chi connectivity index (χ0v) is 9.71. The van der Waals surface area contributed by atoms with Crippen LogP contribution in [-0.2, 0) is 0 Å². The lowest BCUT2D eigenvalue weighted by molar-refractivity contribution is 0.342. The third-order valence-electron chi connectivity index (χ3n) is 2.03. The van der Waals surface area contributed by atoms with Crippen LogP contribution in [0.4, 0.5) is 11.4 Å². The number of benzene rings is 1. The SMILES string of the molecule is CCOc1cc(NCC(C)C)ccc1N. The van der Waals surface area contributed by atoms with Crippen molar-refractivity contribution in [2.45, 2.75) is 20.8 Å². The predicted octanol–water partition coefficient (Wildman–Crippen LogP) is 2.74. The van der Waals surface area contributed by atoms with E-state index in [2.05, 4.69) is 19.2 Å². The fourth-order valence-corrected chi connectivity index (χ4v) is 1.25. The van der Waals surface area contributed by atoms with Crippen molar-refractivity contribution in [2.24, 2.45) is 5.92 Å². The molecule has 0 aromatic heterocycles. The molecule has 0 bridgehead atoms. The lowest BCUT2D eigenvalue weighted by Gasteiger charge is -2.12. The van der Waals surface area contributed by atoms with Gasteiger partial charge in [0, 0.05) is 18.3 Å². The Labute approximate surface area is 91.6 Å². The molecule has 3 heteroatoms. The number of nitrogen functional groups attached to an aromatic ring is 1. The van der Waals surface area contributed by atoms with E-state index in [4.69, 9.17) is 10.5 Å². The first kappa shape index (κ1) is 11.7. The summed E-state index contributed by atoms with van der Waals surface area (Å²) in [7, 11) is 0. The van der Waals surface area contributed by atoms with Crippen molar-refractivity contribution >= 4 is 11.4 Å². The number of rotatable bonds is 5. The van der Waals surface area contributed by atoms with Gasteiger partial charge < -0.3 is 15.8 Å². The van der Waals surface area contributed by atoms with Crippen LogP contribution in [-0.4, -0.2) is 13.2 Å². The van der Waals surface area contributed by atoms with E-state index in [1.165, 1.54) is 0 Å². The zero-order chi connectivity index (χ0) is 11.3. The maximum Gasteiger partial charge on any atom is 0.144 e. The average Bonchev–Trinajstić information content (AvgIpc) is 2.19. The summed E-state index contributed by atoms with van der Waals surface area (Å²) in [4.78, 5) is 0. The van der Waals surface area contributed by atoms with Crippen molar-refractivity contribution in [2.75, 3.05) is 24.2 Å². The first-order valence-corrected chi connectivity index (χ1v) is 5.39. The van der Waals surface area contributed by atoms with Gasteiger partial charge in [0.05, 0.1) is 12.3 Å². The Kier molecular flexibility index (Phi) is 4.28. The van der Waals surface area contributed by atoms with E-state index in [1.807, 2.05) is 25.1 Å². The third-order valence-corrected chi connectivity index (χ3v) is 2.03. The summed E-state index contributed by atoms with van der Waals surface area (Å²) in [6, 6.07) is 5.79. The minimum absolute atomic E-state index is 0.623. The summed E-state index contributed by atoms with van der Waals surface area (Å²) in [6.45, 7) is 7.89. The van der Waals surface area contributed by atoms with Crippen LogP contribution in [0, 0.1) is 5.92 Å². The Morgan fingerprint density at radius 3 is 2.73 bits per heavy atom. The Morgan fingerprint density at radius 2 is 2.13 bits per heavy atom. The van der Waals surface area contributed by atoms with Crippen LogP contribution in [0.15, 0.2) is 18.2 Å². The van der Waals surface area contributed by atoms with Gasteiger partial charge in [0.1, 0.15) is 5.75 Å². The molecule has 0 saturated carbocycles. The van der Waals surface area contributed by atoms with Crippen molar-refractivity contribution in [3.8, 4) is 5.75 Å². The standard InChI is InChI=1S/C12H20N2O/c1-4-15-12-7-10(5-6-11(12)13)14-8-9(2)3/h5-7,9,14H,4,8,13H2,1-3H3. The quantitative estimate of drug-likeness (QED) is 0.731. The van der Waals surface area contributed by atoms with Crippen LogP contribution in [0.3, 0.4) is 0 Å². The Balaban J connectivity index is 2.69. The van der Waals surface area contributed by atoms with Crippen molar-refractivity contribution in [1.29, 1.82) is 0 Å². The molecular weight excluding hydrogens is 188 g/mol. The van der Waals surface area contributed by atoms with Crippen LogP contribution in [0.2, 0.25) is 0 Å². The first-order chi connectivity index (χ1) is 7.13. The van der Waals surface area contributed by atoms with E-state index in [-0.39, 0.29) is 0 Å². The lowest BCUT2D eigenvalue weighted by Crippen LogP contribution is -2.08. The molecule has 1 aromatic carbocycles. The van der Waals surface area contributed by atoms with E-state index >= 15 is 0 Å². The van der Waals surface area contributed by atoms with Crippen LogP contribution >= 0.6 is 0 Å². The summed E-state index contributed by atoms with van der Waals surface area (Å²) in [6.07, 6.45) is 0. The molecule has 84 valence electrons. The lowest BCUT2D eigenvalue weighted by atomic mass is 10.2. The van der Waals surface area contributed by atoms with Gasteiger partial charge in [-0.1, -0.05) is 13.8 Å². The number of hydrogen-bond donors (Lipinski definition) is 2. The highest BCUT2D eigenvalue weighted by molar-refractivity contribution is 5.61. The van der Waals surface area contributed by atoms with Crippen molar-refractivity contribution in [3.63, 3.8) is 0 Å². The highest BCUT2D eigenvalue weighted by atomic mass is 16.5. The molecule has 3 N–H and O–H groups in total. The van der Waals surface area contributed by atoms with Crippen LogP contribution < -0.4 is 15.8 Å². The normalized spacial score (nSPS) is 10.4. The molecule has 0 heterocycles. The molecule has 1 aromatic rings. The summed E-state index contributed by atoms with van der Waals surface area (Å²) >= 11 is 0. The van der Waals surface area contributed by atoms with Gasteiger partial charge in [-0.15, -0.1) is 0 Å². The molecule has 1 rings (SSSR count). The molecule has 0 spiro atoms. The summed E-state index contributed by atoms with van der Waals surface area (Å²) in [5, 5.41) is 3.33. The molecule has 0 aliphatic heterocycles. The molecule has 3 nitrogen and oxygen atoms in total. The molecule has 0 fully saturated rings. The van der Waals surface area contributed by atoms with Crippen molar-refractivity contribution < 1.29 is 4.74 Å². The fourth-order valence-electron chi connectivity index (χ4n) is 1.25. The second-order valence-electron chi connectivity index (χ2n) is 3.96.